The van der Waals surface area contributed by atoms with Gasteiger partial charge in [-0.15, -0.1) is 0 Å². The van der Waals surface area contributed by atoms with Crippen LogP contribution < -0.4 is 15.5 Å². The van der Waals surface area contributed by atoms with Crippen LogP contribution in [0.1, 0.15) is 54.0 Å². The van der Waals surface area contributed by atoms with Crippen LogP contribution in [0.4, 0.5) is 0 Å². The van der Waals surface area contributed by atoms with E-state index in [4.69, 9.17) is 18.6 Å². The second-order valence-corrected chi connectivity index (χ2v) is 8.82. The average Bonchev–Trinajstić information content (AvgIpc) is 3.34. The van der Waals surface area contributed by atoms with Crippen LogP contribution in [0.5, 0.6) is 11.5 Å². The highest BCUT2D eigenvalue weighted by Gasteiger charge is 2.42. The molecule has 1 aliphatic heterocycles. The molecule has 3 N–H and O–H groups in total. The molecule has 11 heteroatoms. The number of aromatic nitrogens is 3. The van der Waals surface area contributed by atoms with E-state index >= 15 is 0 Å². The standard InChI is InChI=1S/C25H30N4O7/c1-15-12-18(30)22(32)23(36-15)25(8-10-35-11-9-25)13-20(31)27-21(16-4-6-17(34-3)7-5-16)24-26-19(14-33-2)28-29-24/h4-7,12,21,32H,8-11,13-14H2,1-3H3,(H,27,31)(H,26,28,29). The Hall–Kier alpha value is -3.70. The molecule has 1 aromatic carbocycles. The van der Waals surface area contributed by atoms with Crippen molar-refractivity contribution in [3.8, 4) is 11.5 Å². The number of aromatic hydroxyl groups is 1. The fourth-order valence-electron chi connectivity index (χ4n) is 4.46. The molecule has 2 aromatic heterocycles. The third-order valence-electron chi connectivity index (χ3n) is 6.32. The van der Waals surface area contributed by atoms with E-state index in [1.807, 2.05) is 12.1 Å². The molecular weight excluding hydrogens is 468 g/mol. The summed E-state index contributed by atoms with van der Waals surface area (Å²) >= 11 is 0. The highest BCUT2D eigenvalue weighted by molar-refractivity contribution is 5.78. The Morgan fingerprint density at radius 3 is 2.64 bits per heavy atom. The summed E-state index contributed by atoms with van der Waals surface area (Å²) in [4.78, 5) is 30.3. The molecule has 0 radical (unpaired) electrons. The number of carbonyl (C=O) groups excluding carboxylic acids is 1. The molecule has 4 rings (SSSR count). The fraction of sp³-hybridized carbons (Fsp3) is 0.440. The van der Waals surface area contributed by atoms with Crippen LogP contribution in [0, 0.1) is 6.92 Å². The molecule has 3 heterocycles. The van der Waals surface area contributed by atoms with Crippen molar-refractivity contribution in [2.75, 3.05) is 27.4 Å². The number of H-pyrrole nitrogens is 1. The molecule has 11 nitrogen and oxygen atoms in total. The zero-order valence-electron chi connectivity index (χ0n) is 20.5. The average molecular weight is 499 g/mol. The van der Waals surface area contributed by atoms with Gasteiger partial charge >= 0.3 is 0 Å². The summed E-state index contributed by atoms with van der Waals surface area (Å²) in [7, 11) is 3.13. The van der Waals surface area contributed by atoms with Crippen molar-refractivity contribution in [2.45, 2.75) is 44.2 Å². The number of amides is 1. The Morgan fingerprint density at radius 2 is 1.97 bits per heavy atom. The number of hydrogen-bond acceptors (Lipinski definition) is 9. The van der Waals surface area contributed by atoms with Crippen LogP contribution in [-0.2, 0) is 26.3 Å². The second-order valence-electron chi connectivity index (χ2n) is 8.82. The lowest BCUT2D eigenvalue weighted by molar-refractivity contribution is -0.124. The third-order valence-corrected chi connectivity index (χ3v) is 6.32. The van der Waals surface area contributed by atoms with Crippen molar-refractivity contribution in [2.24, 2.45) is 0 Å². The summed E-state index contributed by atoms with van der Waals surface area (Å²) in [6.45, 7) is 2.62. The van der Waals surface area contributed by atoms with E-state index in [0.717, 1.165) is 5.56 Å². The number of rotatable bonds is 9. The number of carbonyl (C=O) groups is 1. The summed E-state index contributed by atoms with van der Waals surface area (Å²) in [6, 6.07) is 7.79. The van der Waals surface area contributed by atoms with E-state index in [0.29, 0.717) is 49.2 Å². The quantitative estimate of drug-likeness (QED) is 0.404. The predicted molar refractivity (Wildman–Crippen MR) is 128 cm³/mol. The SMILES string of the molecule is COCc1nc(C(NC(=O)CC2(c3oc(C)cc(=O)c3O)CCOCC2)c2ccc(OC)cc2)n[nH]1. The molecule has 0 spiro atoms. The van der Waals surface area contributed by atoms with Gasteiger partial charge in [-0.25, -0.2) is 4.98 Å². The third kappa shape index (κ3) is 5.42. The number of aryl methyl sites for hydroxylation is 1. The van der Waals surface area contributed by atoms with Crippen molar-refractivity contribution in [3.63, 3.8) is 0 Å². The topological polar surface area (TPSA) is 149 Å². The summed E-state index contributed by atoms with van der Waals surface area (Å²) in [5, 5.41) is 20.7. The maximum atomic E-state index is 13.5. The van der Waals surface area contributed by atoms with E-state index in [9.17, 15) is 14.7 Å². The van der Waals surface area contributed by atoms with Gasteiger partial charge in [-0.1, -0.05) is 12.1 Å². The normalized spacial score (nSPS) is 15.9. The minimum absolute atomic E-state index is 0.0294. The lowest BCUT2D eigenvalue weighted by atomic mass is 9.74. The van der Waals surface area contributed by atoms with Crippen LogP contribution in [-0.4, -0.2) is 53.6 Å². The first-order valence-electron chi connectivity index (χ1n) is 11.6. The van der Waals surface area contributed by atoms with Crippen molar-refractivity contribution < 1.29 is 28.5 Å². The van der Waals surface area contributed by atoms with E-state index in [2.05, 4.69) is 20.5 Å². The van der Waals surface area contributed by atoms with Crippen LogP contribution >= 0.6 is 0 Å². The predicted octanol–water partition coefficient (Wildman–Crippen LogP) is 2.27. The molecule has 1 atom stereocenters. The Morgan fingerprint density at radius 1 is 1.25 bits per heavy atom. The zero-order chi connectivity index (χ0) is 25.7. The number of ether oxygens (including phenoxy) is 3. The molecule has 36 heavy (non-hydrogen) atoms. The van der Waals surface area contributed by atoms with Crippen molar-refractivity contribution in [1.29, 1.82) is 0 Å². The molecule has 1 aliphatic rings. The molecule has 1 unspecified atom stereocenters. The second kappa shape index (κ2) is 10.9. The molecule has 1 saturated heterocycles. The van der Waals surface area contributed by atoms with Crippen molar-refractivity contribution in [1.82, 2.24) is 20.5 Å². The zero-order valence-corrected chi connectivity index (χ0v) is 20.5. The lowest BCUT2D eigenvalue weighted by Gasteiger charge is -2.36. The largest absolute Gasteiger partial charge is 0.502 e. The fourth-order valence-corrected chi connectivity index (χ4v) is 4.46. The smallest absolute Gasteiger partial charge is 0.227 e. The van der Waals surface area contributed by atoms with Gasteiger partial charge in [0.05, 0.1) is 7.11 Å². The van der Waals surface area contributed by atoms with Gasteiger partial charge in [0.25, 0.3) is 0 Å². The summed E-state index contributed by atoms with van der Waals surface area (Å²) in [5.74, 6) is 1.25. The minimum Gasteiger partial charge on any atom is -0.502 e. The van der Waals surface area contributed by atoms with E-state index < -0.39 is 22.6 Å². The van der Waals surface area contributed by atoms with Crippen LogP contribution in [0.3, 0.4) is 0 Å². The molecule has 1 amide bonds. The monoisotopic (exact) mass is 498 g/mol. The molecule has 0 bridgehead atoms. The van der Waals surface area contributed by atoms with E-state index in [1.54, 1.807) is 33.3 Å². The first kappa shape index (κ1) is 25.4. The van der Waals surface area contributed by atoms with Gasteiger partial charge < -0.3 is 29.1 Å². The highest BCUT2D eigenvalue weighted by atomic mass is 16.5. The Bertz CT molecular complexity index is 1250. The lowest BCUT2D eigenvalue weighted by Crippen LogP contribution is -2.41. The molecule has 1 fully saturated rings. The van der Waals surface area contributed by atoms with E-state index in [1.165, 1.54) is 6.07 Å². The molecule has 0 saturated carbocycles. The van der Waals surface area contributed by atoms with Gasteiger partial charge in [0.15, 0.2) is 17.4 Å². The first-order chi connectivity index (χ1) is 17.3. The molecular formula is C25H30N4O7. The number of nitrogens with one attached hydrogen (secondary N) is 2. The Labute approximate surface area is 207 Å². The molecule has 192 valence electrons. The first-order valence-corrected chi connectivity index (χ1v) is 11.6. The Balaban J connectivity index is 1.65. The van der Waals surface area contributed by atoms with Crippen LogP contribution in [0.25, 0.3) is 0 Å². The maximum absolute atomic E-state index is 13.5. The Kier molecular flexibility index (Phi) is 7.70. The molecule has 3 aromatic rings. The minimum atomic E-state index is -0.901. The van der Waals surface area contributed by atoms with Gasteiger partial charge in [-0.2, -0.15) is 5.10 Å². The van der Waals surface area contributed by atoms with Gasteiger partial charge in [0, 0.05) is 38.2 Å². The van der Waals surface area contributed by atoms with Gasteiger partial charge in [-0.3, -0.25) is 14.7 Å². The number of benzene rings is 1. The summed E-state index contributed by atoms with van der Waals surface area (Å²) < 4.78 is 21.7. The number of nitrogens with zero attached hydrogens (tertiary/aromatic N) is 2. The number of hydrogen-bond donors (Lipinski definition) is 3. The summed E-state index contributed by atoms with van der Waals surface area (Å²) in [5.41, 5.74) is -0.692. The number of methoxy groups -OCH3 is 2. The van der Waals surface area contributed by atoms with E-state index in [-0.39, 0.29) is 24.7 Å². The highest BCUT2D eigenvalue weighted by Crippen LogP contribution is 2.41. The maximum Gasteiger partial charge on any atom is 0.227 e. The summed E-state index contributed by atoms with van der Waals surface area (Å²) in [6.07, 6.45) is 0.788. The van der Waals surface area contributed by atoms with Crippen molar-refractivity contribution >= 4 is 5.91 Å². The van der Waals surface area contributed by atoms with Crippen molar-refractivity contribution in [3.05, 3.63) is 69.3 Å². The van der Waals surface area contributed by atoms with Gasteiger partial charge in [0.1, 0.15) is 24.2 Å². The van der Waals surface area contributed by atoms with Gasteiger partial charge in [-0.05, 0) is 37.5 Å². The molecule has 0 aliphatic carbocycles. The van der Waals surface area contributed by atoms with Crippen LogP contribution in [0.2, 0.25) is 0 Å². The number of aromatic amines is 1. The van der Waals surface area contributed by atoms with Gasteiger partial charge in [0.2, 0.25) is 17.1 Å². The van der Waals surface area contributed by atoms with Crippen LogP contribution in [0.15, 0.2) is 39.5 Å².